The lowest BCUT2D eigenvalue weighted by Crippen LogP contribution is -2.34. The highest BCUT2D eigenvalue weighted by atomic mass is 19.4. The van der Waals surface area contributed by atoms with Crippen LogP contribution in [-0.2, 0) is 0 Å². The summed E-state index contributed by atoms with van der Waals surface area (Å²) in [5, 5.41) is 8.69. The molecule has 0 aliphatic carbocycles. The summed E-state index contributed by atoms with van der Waals surface area (Å²) in [7, 11) is 0. The van der Waals surface area contributed by atoms with Gasteiger partial charge in [0, 0.05) is 18.4 Å². The van der Waals surface area contributed by atoms with Gasteiger partial charge in [0.15, 0.2) is 0 Å². The Hall–Kier alpha value is -1.79. The maximum Gasteiger partial charge on any atom is 0.405 e. The predicted molar refractivity (Wildman–Crippen MR) is 55.1 cm³/mol. The first-order chi connectivity index (χ1) is 7.83. The molecular formula is C10H11F3N2O2. The number of anilines is 1. The summed E-state index contributed by atoms with van der Waals surface area (Å²) < 4.78 is 36.8. The van der Waals surface area contributed by atoms with Gasteiger partial charge in [0.05, 0.1) is 0 Å². The van der Waals surface area contributed by atoms with Gasteiger partial charge in [-0.1, -0.05) is 0 Å². The Morgan fingerprint density at radius 2 is 2.18 bits per heavy atom. The molecule has 0 unspecified atom stereocenters. The number of pyridine rings is 1. The zero-order valence-electron chi connectivity index (χ0n) is 9.03. The van der Waals surface area contributed by atoms with E-state index in [9.17, 15) is 18.0 Å². The first-order valence-corrected chi connectivity index (χ1v) is 4.84. The first kappa shape index (κ1) is 13.3. The molecule has 1 heterocycles. The van der Waals surface area contributed by atoms with E-state index in [4.69, 9.17) is 5.11 Å². The molecule has 0 aliphatic heterocycles. The number of carboxylic acid groups (broad SMARTS) is 1. The van der Waals surface area contributed by atoms with Crippen LogP contribution in [-0.4, -0.2) is 35.3 Å². The fourth-order valence-electron chi connectivity index (χ4n) is 1.34. The number of carbonyl (C=O) groups is 1. The van der Waals surface area contributed by atoms with Crippen molar-refractivity contribution in [2.24, 2.45) is 0 Å². The summed E-state index contributed by atoms with van der Waals surface area (Å²) in [5.74, 6) is -1.27. The van der Waals surface area contributed by atoms with Gasteiger partial charge in [0.1, 0.15) is 12.2 Å². The van der Waals surface area contributed by atoms with E-state index in [2.05, 4.69) is 4.98 Å². The molecule has 0 radical (unpaired) electrons. The number of halogens is 3. The van der Waals surface area contributed by atoms with Gasteiger partial charge in [0.2, 0.25) is 0 Å². The molecule has 17 heavy (non-hydrogen) atoms. The summed E-state index contributed by atoms with van der Waals surface area (Å²) >= 11 is 0. The average molecular weight is 248 g/mol. The van der Waals surface area contributed by atoms with E-state index in [1.807, 2.05) is 0 Å². The molecule has 0 aliphatic rings. The van der Waals surface area contributed by atoms with E-state index in [0.717, 1.165) is 11.0 Å². The molecule has 0 fully saturated rings. The summed E-state index contributed by atoms with van der Waals surface area (Å²) in [6.45, 7) is 0.571. The molecule has 0 amide bonds. The van der Waals surface area contributed by atoms with Crippen molar-refractivity contribution < 1.29 is 23.1 Å². The molecule has 94 valence electrons. The lowest BCUT2D eigenvalue weighted by atomic mass is 10.3. The summed E-state index contributed by atoms with van der Waals surface area (Å²) in [4.78, 5) is 15.2. The van der Waals surface area contributed by atoms with Gasteiger partial charge in [-0.05, 0) is 19.1 Å². The van der Waals surface area contributed by atoms with Gasteiger partial charge in [-0.25, -0.2) is 9.78 Å². The van der Waals surface area contributed by atoms with Crippen LogP contribution in [0.1, 0.15) is 17.4 Å². The maximum atomic E-state index is 12.3. The Morgan fingerprint density at radius 1 is 1.53 bits per heavy atom. The molecule has 1 aromatic heterocycles. The topological polar surface area (TPSA) is 53.4 Å². The third-order valence-electron chi connectivity index (χ3n) is 2.08. The smallest absolute Gasteiger partial charge is 0.405 e. The normalized spacial score (nSPS) is 11.3. The van der Waals surface area contributed by atoms with Crippen molar-refractivity contribution in [2.75, 3.05) is 18.0 Å². The van der Waals surface area contributed by atoms with E-state index in [0.29, 0.717) is 0 Å². The molecule has 0 bridgehead atoms. The van der Waals surface area contributed by atoms with E-state index >= 15 is 0 Å². The summed E-state index contributed by atoms with van der Waals surface area (Å²) in [6, 6.07) is 2.47. The largest absolute Gasteiger partial charge is 0.477 e. The van der Waals surface area contributed by atoms with Gasteiger partial charge in [-0.3, -0.25) is 0 Å². The second-order valence-corrected chi connectivity index (χ2v) is 3.33. The van der Waals surface area contributed by atoms with Crippen LogP contribution in [0.5, 0.6) is 0 Å². The van der Waals surface area contributed by atoms with Gasteiger partial charge in [-0.15, -0.1) is 0 Å². The number of carboxylic acids is 1. The number of aromatic nitrogens is 1. The molecule has 0 atom stereocenters. The Labute approximate surface area is 95.7 Å². The van der Waals surface area contributed by atoms with Crippen molar-refractivity contribution in [1.29, 1.82) is 0 Å². The highest BCUT2D eigenvalue weighted by molar-refractivity contribution is 5.86. The number of hydrogen-bond acceptors (Lipinski definition) is 3. The highest BCUT2D eigenvalue weighted by Crippen LogP contribution is 2.22. The van der Waals surface area contributed by atoms with Crippen LogP contribution < -0.4 is 4.90 Å². The minimum atomic E-state index is -4.33. The SMILES string of the molecule is CCN(CC(F)(F)F)c1ccnc(C(=O)O)c1. The summed E-state index contributed by atoms with van der Waals surface area (Å²) in [5.41, 5.74) is -0.0830. The van der Waals surface area contributed by atoms with Crippen LogP contribution in [0.2, 0.25) is 0 Å². The van der Waals surface area contributed by atoms with Crippen LogP contribution in [0, 0.1) is 0 Å². The van der Waals surface area contributed by atoms with Crippen molar-refractivity contribution in [3.63, 3.8) is 0 Å². The zero-order chi connectivity index (χ0) is 13.1. The van der Waals surface area contributed by atoms with Crippen LogP contribution in [0.4, 0.5) is 18.9 Å². The second kappa shape index (κ2) is 5.03. The first-order valence-electron chi connectivity index (χ1n) is 4.84. The molecule has 1 aromatic rings. The number of nitrogens with zero attached hydrogens (tertiary/aromatic N) is 2. The fraction of sp³-hybridized carbons (Fsp3) is 0.400. The molecule has 4 nitrogen and oxygen atoms in total. The number of alkyl halides is 3. The van der Waals surface area contributed by atoms with Crippen molar-refractivity contribution in [3.05, 3.63) is 24.0 Å². The third-order valence-corrected chi connectivity index (χ3v) is 2.08. The minimum Gasteiger partial charge on any atom is -0.477 e. The molecule has 0 saturated heterocycles. The van der Waals surface area contributed by atoms with Crippen LogP contribution in [0.25, 0.3) is 0 Å². The Balaban J connectivity index is 2.96. The maximum absolute atomic E-state index is 12.3. The van der Waals surface area contributed by atoms with Crippen LogP contribution in [0.3, 0.4) is 0 Å². The molecular weight excluding hydrogens is 237 g/mol. The Bertz CT molecular complexity index is 407. The van der Waals surface area contributed by atoms with Gasteiger partial charge < -0.3 is 10.0 Å². The van der Waals surface area contributed by atoms with Crippen LogP contribution >= 0.6 is 0 Å². The van der Waals surface area contributed by atoms with E-state index < -0.39 is 18.7 Å². The Kier molecular flexibility index (Phi) is 3.93. The van der Waals surface area contributed by atoms with E-state index in [-0.39, 0.29) is 17.9 Å². The van der Waals surface area contributed by atoms with Gasteiger partial charge in [0.25, 0.3) is 0 Å². The monoisotopic (exact) mass is 248 g/mol. The molecule has 0 saturated carbocycles. The fourth-order valence-corrected chi connectivity index (χ4v) is 1.34. The predicted octanol–water partition coefficient (Wildman–Crippen LogP) is 2.17. The quantitative estimate of drug-likeness (QED) is 0.887. The molecule has 0 spiro atoms. The van der Waals surface area contributed by atoms with Crippen molar-refractivity contribution in [2.45, 2.75) is 13.1 Å². The second-order valence-electron chi connectivity index (χ2n) is 3.33. The van der Waals surface area contributed by atoms with E-state index in [1.165, 1.54) is 12.3 Å². The number of aromatic carboxylic acids is 1. The van der Waals surface area contributed by atoms with Crippen molar-refractivity contribution in [3.8, 4) is 0 Å². The van der Waals surface area contributed by atoms with Crippen LogP contribution in [0.15, 0.2) is 18.3 Å². The van der Waals surface area contributed by atoms with Crippen molar-refractivity contribution >= 4 is 11.7 Å². The average Bonchev–Trinajstić information content (AvgIpc) is 2.25. The standard InChI is InChI=1S/C10H11F3N2O2/c1-2-15(6-10(11,12)13)7-3-4-14-8(5-7)9(16)17/h3-5H,2,6H2,1H3,(H,16,17). The lowest BCUT2D eigenvalue weighted by Gasteiger charge is -2.24. The Morgan fingerprint density at radius 3 is 2.65 bits per heavy atom. The van der Waals surface area contributed by atoms with Crippen molar-refractivity contribution in [1.82, 2.24) is 4.98 Å². The molecule has 0 aromatic carbocycles. The van der Waals surface area contributed by atoms with Gasteiger partial charge >= 0.3 is 12.1 Å². The molecule has 1 rings (SSSR count). The minimum absolute atomic E-state index is 0.128. The van der Waals surface area contributed by atoms with Gasteiger partial charge in [-0.2, -0.15) is 13.2 Å². The lowest BCUT2D eigenvalue weighted by molar-refractivity contribution is -0.119. The van der Waals surface area contributed by atoms with E-state index in [1.54, 1.807) is 6.92 Å². The third kappa shape index (κ3) is 3.93. The highest BCUT2D eigenvalue weighted by Gasteiger charge is 2.30. The number of hydrogen-bond donors (Lipinski definition) is 1. The molecule has 7 heteroatoms. The zero-order valence-corrected chi connectivity index (χ0v) is 9.03. The number of rotatable bonds is 4. The molecule has 1 N–H and O–H groups in total. The summed E-state index contributed by atoms with van der Waals surface area (Å²) in [6.07, 6.45) is -3.15.